The van der Waals surface area contributed by atoms with Crippen molar-refractivity contribution < 1.29 is 9.13 Å². The van der Waals surface area contributed by atoms with Crippen molar-refractivity contribution in [3.05, 3.63) is 48.3 Å². The van der Waals surface area contributed by atoms with E-state index in [-0.39, 0.29) is 0 Å². The second-order valence-corrected chi connectivity index (χ2v) is 7.29. The number of nitrogens with zero attached hydrogens (tertiary/aromatic N) is 3. The number of alkyl halides is 1. The molecule has 1 unspecified atom stereocenters. The first kappa shape index (κ1) is 21.6. The molecule has 27 heavy (non-hydrogen) atoms. The summed E-state index contributed by atoms with van der Waals surface area (Å²) in [5, 5.41) is 0. The van der Waals surface area contributed by atoms with Crippen LogP contribution in [-0.2, 0) is 4.74 Å². The molecule has 0 spiro atoms. The highest BCUT2D eigenvalue weighted by atomic mass is 19.1. The smallest absolute Gasteiger partial charge is 0.122 e. The van der Waals surface area contributed by atoms with Gasteiger partial charge in [-0.15, -0.1) is 0 Å². The van der Waals surface area contributed by atoms with Gasteiger partial charge in [0.2, 0.25) is 0 Å². The summed E-state index contributed by atoms with van der Waals surface area (Å²) in [6.45, 7) is 14.6. The van der Waals surface area contributed by atoms with Crippen LogP contribution in [0.15, 0.2) is 53.3 Å². The molecule has 0 bridgehead atoms. The molecule has 150 valence electrons. The normalized spacial score (nSPS) is 24.0. The minimum atomic E-state index is -0.855. The molecule has 2 rings (SSSR count). The second kappa shape index (κ2) is 11.9. The molecule has 4 nitrogen and oxygen atoms in total. The average molecular weight is 376 g/mol. The zero-order valence-corrected chi connectivity index (χ0v) is 16.8. The number of ether oxygens (including phenoxy) is 1. The lowest BCUT2D eigenvalue weighted by molar-refractivity contribution is 0.167. The zero-order valence-electron chi connectivity index (χ0n) is 16.8. The van der Waals surface area contributed by atoms with Gasteiger partial charge in [0.05, 0.1) is 13.3 Å². The standard InChI is InChI=1S/C22H34FN3O/c1-4-6-19(3)15-24-18-25(5-2)13-14-26-12-11-20(16-26)17-27-22-9-7-21(23)8-10-22/h4,6-7,9-10,15,20-21H,1,5,8,11-14,16-18H2,2-3H3/b19-6-,24-15-/t20-,21?/m1/s1. The van der Waals surface area contributed by atoms with E-state index in [9.17, 15) is 4.39 Å². The molecule has 0 amide bonds. The van der Waals surface area contributed by atoms with Crippen LogP contribution in [0.1, 0.15) is 26.7 Å². The van der Waals surface area contributed by atoms with Crippen LogP contribution in [0, 0.1) is 5.92 Å². The minimum Gasteiger partial charge on any atom is -0.494 e. The monoisotopic (exact) mass is 375 g/mol. The molecule has 0 aromatic carbocycles. The van der Waals surface area contributed by atoms with Gasteiger partial charge < -0.3 is 9.64 Å². The Morgan fingerprint density at radius 2 is 2.37 bits per heavy atom. The molecular formula is C22H34FN3O. The largest absolute Gasteiger partial charge is 0.494 e. The van der Waals surface area contributed by atoms with Crippen molar-refractivity contribution in [2.24, 2.45) is 10.9 Å². The Hall–Kier alpha value is -1.72. The molecule has 2 atom stereocenters. The summed E-state index contributed by atoms with van der Waals surface area (Å²) in [6.07, 6.45) is 11.6. The highest BCUT2D eigenvalue weighted by molar-refractivity contribution is 5.78. The lowest BCUT2D eigenvalue weighted by atomic mass is 10.1. The number of halogens is 1. The number of hydrogen-bond acceptors (Lipinski definition) is 4. The van der Waals surface area contributed by atoms with Gasteiger partial charge in [-0.1, -0.05) is 25.7 Å². The first-order valence-electron chi connectivity index (χ1n) is 9.99. The second-order valence-electron chi connectivity index (χ2n) is 7.29. The number of rotatable bonds is 11. The summed E-state index contributed by atoms with van der Waals surface area (Å²) in [5.74, 6) is 1.38. The van der Waals surface area contributed by atoms with Gasteiger partial charge in [0.25, 0.3) is 0 Å². The summed E-state index contributed by atoms with van der Waals surface area (Å²) in [4.78, 5) is 9.37. The van der Waals surface area contributed by atoms with E-state index in [1.807, 2.05) is 25.3 Å². The number of likely N-dealkylation sites (tertiary alicyclic amines) is 1. The van der Waals surface area contributed by atoms with Crippen LogP contribution in [0.5, 0.6) is 0 Å². The highest BCUT2D eigenvalue weighted by Gasteiger charge is 2.23. The van der Waals surface area contributed by atoms with Crippen molar-refractivity contribution in [3.63, 3.8) is 0 Å². The lowest BCUT2D eigenvalue weighted by Gasteiger charge is -2.22. The highest BCUT2D eigenvalue weighted by Crippen LogP contribution is 2.20. The summed E-state index contributed by atoms with van der Waals surface area (Å²) >= 11 is 0. The molecule has 1 aliphatic heterocycles. The zero-order chi connectivity index (χ0) is 19.5. The molecule has 0 N–H and O–H groups in total. The van der Waals surface area contributed by atoms with Crippen LogP contribution in [0.4, 0.5) is 4.39 Å². The third-order valence-electron chi connectivity index (χ3n) is 5.01. The topological polar surface area (TPSA) is 28.1 Å². The van der Waals surface area contributed by atoms with Gasteiger partial charge in [-0.3, -0.25) is 9.89 Å². The van der Waals surface area contributed by atoms with E-state index in [1.54, 1.807) is 18.2 Å². The molecule has 5 heteroatoms. The van der Waals surface area contributed by atoms with E-state index in [0.29, 0.717) is 12.3 Å². The maximum atomic E-state index is 13.1. The molecule has 1 heterocycles. The van der Waals surface area contributed by atoms with E-state index < -0.39 is 6.17 Å². The van der Waals surface area contributed by atoms with Crippen LogP contribution in [0.25, 0.3) is 0 Å². The fourth-order valence-corrected chi connectivity index (χ4v) is 3.29. The number of hydrogen-bond donors (Lipinski definition) is 0. The molecule has 2 aliphatic rings. The Bertz CT molecular complexity index is 582. The van der Waals surface area contributed by atoms with E-state index in [1.165, 1.54) is 6.42 Å². The number of aliphatic imine (C=N–C) groups is 1. The van der Waals surface area contributed by atoms with Crippen molar-refractivity contribution in [2.45, 2.75) is 32.9 Å². The van der Waals surface area contributed by atoms with Crippen LogP contribution >= 0.6 is 0 Å². The average Bonchev–Trinajstić information content (AvgIpc) is 3.12. The van der Waals surface area contributed by atoms with Gasteiger partial charge in [-0.05, 0) is 50.2 Å². The maximum absolute atomic E-state index is 13.1. The molecule has 0 saturated carbocycles. The number of allylic oxidation sites excluding steroid dienone is 6. The van der Waals surface area contributed by atoms with E-state index >= 15 is 0 Å². The minimum absolute atomic E-state index is 0.431. The van der Waals surface area contributed by atoms with Gasteiger partial charge in [-0.2, -0.15) is 0 Å². The van der Waals surface area contributed by atoms with E-state index in [0.717, 1.165) is 57.3 Å². The van der Waals surface area contributed by atoms with Gasteiger partial charge in [0.15, 0.2) is 0 Å². The molecule has 0 aromatic heterocycles. The first-order valence-corrected chi connectivity index (χ1v) is 9.99. The Balaban J connectivity index is 1.64. The Kier molecular flexibility index (Phi) is 9.50. The Morgan fingerprint density at radius 1 is 1.52 bits per heavy atom. The van der Waals surface area contributed by atoms with Crippen LogP contribution in [0.2, 0.25) is 0 Å². The van der Waals surface area contributed by atoms with Crippen molar-refractivity contribution in [1.29, 1.82) is 0 Å². The van der Waals surface area contributed by atoms with Crippen molar-refractivity contribution >= 4 is 6.21 Å². The van der Waals surface area contributed by atoms with Crippen molar-refractivity contribution in [3.8, 4) is 0 Å². The maximum Gasteiger partial charge on any atom is 0.122 e. The van der Waals surface area contributed by atoms with Gasteiger partial charge in [0, 0.05) is 38.2 Å². The molecular weight excluding hydrogens is 341 g/mol. The third kappa shape index (κ3) is 8.22. The summed E-state index contributed by atoms with van der Waals surface area (Å²) in [7, 11) is 0. The van der Waals surface area contributed by atoms with Gasteiger partial charge in [0.1, 0.15) is 11.9 Å². The summed E-state index contributed by atoms with van der Waals surface area (Å²) in [5.41, 5.74) is 1.12. The molecule has 1 aliphatic carbocycles. The predicted molar refractivity (Wildman–Crippen MR) is 112 cm³/mol. The molecule has 0 aromatic rings. The molecule has 0 radical (unpaired) electrons. The molecule has 1 fully saturated rings. The number of likely N-dealkylation sites (N-methyl/N-ethyl adjacent to an activating group) is 1. The third-order valence-corrected chi connectivity index (χ3v) is 5.01. The van der Waals surface area contributed by atoms with Crippen molar-refractivity contribution in [2.75, 3.05) is 46.0 Å². The van der Waals surface area contributed by atoms with Crippen molar-refractivity contribution in [1.82, 2.24) is 9.80 Å². The Labute approximate surface area is 163 Å². The SMILES string of the molecule is C=C/C=C(C)\C=N/CN(CC)CCN1CC[C@@H](COC2=CCC(F)C=C2)C1. The fourth-order valence-electron chi connectivity index (χ4n) is 3.29. The lowest BCUT2D eigenvalue weighted by Crippen LogP contribution is -2.34. The fraction of sp³-hybridized carbons (Fsp3) is 0.591. The van der Waals surface area contributed by atoms with Crippen LogP contribution < -0.4 is 0 Å². The Morgan fingerprint density at radius 3 is 3.07 bits per heavy atom. The van der Waals surface area contributed by atoms with Crippen LogP contribution in [0.3, 0.4) is 0 Å². The predicted octanol–water partition coefficient (Wildman–Crippen LogP) is 3.99. The van der Waals surface area contributed by atoms with E-state index in [2.05, 4.69) is 28.3 Å². The quantitative estimate of drug-likeness (QED) is 0.404. The van der Waals surface area contributed by atoms with Gasteiger partial charge >= 0.3 is 0 Å². The van der Waals surface area contributed by atoms with Gasteiger partial charge in [-0.25, -0.2) is 4.39 Å². The van der Waals surface area contributed by atoms with E-state index in [4.69, 9.17) is 4.74 Å². The summed E-state index contributed by atoms with van der Waals surface area (Å²) < 4.78 is 18.9. The first-order chi connectivity index (χ1) is 13.1. The summed E-state index contributed by atoms with van der Waals surface area (Å²) in [6, 6.07) is 0. The van der Waals surface area contributed by atoms with Crippen LogP contribution in [-0.4, -0.2) is 68.2 Å². The molecule has 1 saturated heterocycles.